The monoisotopic (exact) mass is 338 g/mol. The first-order chi connectivity index (χ1) is 11.7. The van der Waals surface area contributed by atoms with E-state index in [0.29, 0.717) is 5.75 Å². The van der Waals surface area contributed by atoms with Gasteiger partial charge in [-0.2, -0.15) is 0 Å². The van der Waals surface area contributed by atoms with E-state index in [4.69, 9.17) is 9.47 Å². The lowest BCUT2D eigenvalue weighted by molar-refractivity contribution is 0.0206. The van der Waals surface area contributed by atoms with Crippen molar-refractivity contribution in [2.24, 2.45) is 0 Å². The maximum Gasteiger partial charge on any atom is 0.514 e. The summed E-state index contributed by atoms with van der Waals surface area (Å²) < 4.78 is 10.4. The molecule has 4 heteroatoms. The molecule has 4 nitrogen and oxygen atoms in total. The van der Waals surface area contributed by atoms with Crippen molar-refractivity contribution in [2.45, 2.75) is 26.4 Å². The van der Waals surface area contributed by atoms with Crippen LogP contribution in [0.15, 0.2) is 49.6 Å². The minimum Gasteiger partial charge on any atom is -0.508 e. The largest absolute Gasteiger partial charge is 0.514 e. The van der Waals surface area contributed by atoms with E-state index in [1.807, 2.05) is 0 Å². The van der Waals surface area contributed by atoms with Crippen molar-refractivity contribution in [3.63, 3.8) is 0 Å². The number of aromatic hydroxyl groups is 1. The van der Waals surface area contributed by atoms with Crippen LogP contribution >= 0.6 is 0 Å². The van der Waals surface area contributed by atoms with Crippen molar-refractivity contribution in [3.05, 3.63) is 60.7 Å². The number of rotatable bonds is 4. The number of carbonyl (C=O) groups is 1. The highest BCUT2D eigenvalue weighted by atomic mass is 16.7. The molecular weight excluding hydrogens is 316 g/mol. The van der Waals surface area contributed by atoms with Crippen LogP contribution in [0.4, 0.5) is 4.79 Å². The molecular formula is C21H22O4. The van der Waals surface area contributed by atoms with Gasteiger partial charge in [0.15, 0.2) is 0 Å². The fourth-order valence-corrected chi connectivity index (χ4v) is 2.33. The molecule has 0 amide bonds. The summed E-state index contributed by atoms with van der Waals surface area (Å²) in [6.07, 6.45) is 2.62. The molecule has 0 aliphatic heterocycles. The Morgan fingerprint density at radius 2 is 1.56 bits per heavy atom. The molecule has 0 aliphatic rings. The predicted molar refractivity (Wildman–Crippen MR) is 101 cm³/mol. The first-order valence-electron chi connectivity index (χ1n) is 7.86. The van der Waals surface area contributed by atoms with E-state index in [9.17, 15) is 9.90 Å². The average molecular weight is 338 g/mol. The zero-order valence-electron chi connectivity index (χ0n) is 14.7. The summed E-state index contributed by atoms with van der Waals surface area (Å²) in [4.78, 5) is 11.9. The fraction of sp³-hybridized carbons (Fsp3) is 0.190. The summed E-state index contributed by atoms with van der Waals surface area (Å²) in [5.41, 5.74) is 2.57. The molecule has 0 saturated carbocycles. The topological polar surface area (TPSA) is 55.8 Å². The van der Waals surface area contributed by atoms with Gasteiger partial charge in [0.1, 0.15) is 17.1 Å². The van der Waals surface area contributed by atoms with Crippen LogP contribution in [0.5, 0.6) is 11.5 Å². The zero-order valence-corrected chi connectivity index (χ0v) is 14.7. The minimum atomic E-state index is -0.773. The van der Waals surface area contributed by atoms with E-state index in [2.05, 4.69) is 13.2 Å². The summed E-state index contributed by atoms with van der Waals surface area (Å²) in [6, 6.07) is 10.2. The molecule has 25 heavy (non-hydrogen) atoms. The maximum atomic E-state index is 11.9. The average Bonchev–Trinajstić information content (AvgIpc) is 2.53. The van der Waals surface area contributed by atoms with E-state index in [-0.39, 0.29) is 5.75 Å². The molecule has 0 unspecified atom stereocenters. The van der Waals surface area contributed by atoms with Gasteiger partial charge in [-0.05, 0) is 67.3 Å². The number of hydrogen-bond donors (Lipinski definition) is 1. The van der Waals surface area contributed by atoms with Crippen LogP contribution in [0.2, 0.25) is 0 Å². The molecule has 0 saturated heterocycles. The number of hydrogen-bond acceptors (Lipinski definition) is 4. The summed E-state index contributed by atoms with van der Waals surface area (Å²) in [7, 11) is 0. The normalized spacial score (nSPS) is 10.8. The molecule has 0 bridgehead atoms. The van der Waals surface area contributed by atoms with Crippen molar-refractivity contribution in [1.82, 2.24) is 0 Å². The molecule has 2 rings (SSSR count). The predicted octanol–water partition coefficient (Wildman–Crippen LogP) is 5.66. The second-order valence-corrected chi connectivity index (χ2v) is 6.50. The van der Waals surface area contributed by atoms with Gasteiger partial charge in [0.25, 0.3) is 0 Å². The highest BCUT2D eigenvalue weighted by Crippen LogP contribution is 2.34. The highest BCUT2D eigenvalue weighted by molar-refractivity contribution is 5.83. The summed E-state index contributed by atoms with van der Waals surface area (Å²) >= 11 is 0. The van der Waals surface area contributed by atoms with E-state index >= 15 is 0 Å². The van der Waals surface area contributed by atoms with Gasteiger partial charge in [-0.1, -0.05) is 37.4 Å². The number of benzene rings is 2. The van der Waals surface area contributed by atoms with Gasteiger partial charge in [-0.3, -0.25) is 0 Å². The van der Waals surface area contributed by atoms with Gasteiger partial charge in [0, 0.05) is 0 Å². The Morgan fingerprint density at radius 1 is 1.00 bits per heavy atom. The first-order valence-corrected chi connectivity index (χ1v) is 7.86. The third kappa shape index (κ3) is 4.73. The number of phenols is 1. The van der Waals surface area contributed by atoms with Crippen LogP contribution in [-0.4, -0.2) is 16.9 Å². The Bertz CT molecular complexity index is 813. The van der Waals surface area contributed by atoms with Gasteiger partial charge in [-0.15, -0.1) is 0 Å². The van der Waals surface area contributed by atoms with Crippen LogP contribution in [0.1, 0.15) is 31.9 Å². The van der Waals surface area contributed by atoms with Crippen molar-refractivity contribution in [3.8, 4) is 22.6 Å². The Balaban J connectivity index is 2.45. The zero-order chi connectivity index (χ0) is 18.6. The van der Waals surface area contributed by atoms with E-state index < -0.39 is 11.8 Å². The molecule has 0 fully saturated rings. The minimum absolute atomic E-state index is 0.133. The third-order valence-corrected chi connectivity index (χ3v) is 3.38. The van der Waals surface area contributed by atoms with Gasteiger partial charge >= 0.3 is 6.16 Å². The van der Waals surface area contributed by atoms with E-state index in [1.165, 1.54) is 0 Å². The standard InChI is InChI=1S/C21H22O4/c1-6-14-8-10-16(22)12-18(14)19-13-17(11-9-15(19)7-2)24-20(23)25-21(3,4)5/h6-13,22H,1-2H2,3-5H3. The van der Waals surface area contributed by atoms with Gasteiger partial charge in [0.05, 0.1) is 0 Å². The second kappa shape index (κ2) is 7.26. The van der Waals surface area contributed by atoms with E-state index in [1.54, 1.807) is 69.3 Å². The van der Waals surface area contributed by atoms with Crippen LogP contribution in [0, 0.1) is 0 Å². The molecule has 0 heterocycles. The Hall–Kier alpha value is -3.01. The molecule has 0 aliphatic carbocycles. The molecule has 0 aromatic heterocycles. The smallest absolute Gasteiger partial charge is 0.508 e. The summed E-state index contributed by atoms with van der Waals surface area (Å²) in [5.74, 6) is 0.474. The second-order valence-electron chi connectivity index (χ2n) is 6.50. The van der Waals surface area contributed by atoms with Gasteiger partial charge in [-0.25, -0.2) is 4.79 Å². The van der Waals surface area contributed by atoms with E-state index in [0.717, 1.165) is 22.3 Å². The van der Waals surface area contributed by atoms with Crippen molar-refractivity contribution >= 4 is 18.3 Å². The number of phenolic OH excluding ortho intramolecular Hbond substituents is 1. The molecule has 0 radical (unpaired) electrons. The van der Waals surface area contributed by atoms with Crippen molar-refractivity contribution in [2.75, 3.05) is 0 Å². The number of ether oxygens (including phenoxy) is 2. The van der Waals surface area contributed by atoms with Crippen molar-refractivity contribution < 1.29 is 19.4 Å². The van der Waals surface area contributed by atoms with Crippen LogP contribution in [0.3, 0.4) is 0 Å². The molecule has 2 aromatic rings. The van der Waals surface area contributed by atoms with Crippen molar-refractivity contribution in [1.29, 1.82) is 0 Å². The first kappa shape index (κ1) is 18.3. The quantitative estimate of drug-likeness (QED) is 0.577. The summed E-state index contributed by atoms with van der Waals surface area (Å²) in [6.45, 7) is 12.9. The highest BCUT2D eigenvalue weighted by Gasteiger charge is 2.19. The SMILES string of the molecule is C=Cc1ccc(O)cc1-c1cc(OC(=O)OC(C)(C)C)ccc1C=C. The molecule has 1 N–H and O–H groups in total. The Labute approximate surface area is 148 Å². The maximum absolute atomic E-state index is 11.9. The van der Waals surface area contributed by atoms with Gasteiger partial charge in [0.2, 0.25) is 0 Å². The van der Waals surface area contributed by atoms with Crippen LogP contribution in [0.25, 0.3) is 23.3 Å². The molecule has 0 atom stereocenters. The molecule has 130 valence electrons. The Kier molecular flexibility index (Phi) is 5.32. The lowest BCUT2D eigenvalue weighted by atomic mass is 9.95. The van der Waals surface area contributed by atoms with Crippen LogP contribution in [-0.2, 0) is 4.74 Å². The lowest BCUT2D eigenvalue weighted by Crippen LogP contribution is -2.25. The third-order valence-electron chi connectivity index (χ3n) is 3.38. The Morgan fingerprint density at radius 3 is 2.12 bits per heavy atom. The molecule has 0 spiro atoms. The van der Waals surface area contributed by atoms with Crippen LogP contribution < -0.4 is 4.74 Å². The van der Waals surface area contributed by atoms with Gasteiger partial charge < -0.3 is 14.6 Å². The molecule has 2 aromatic carbocycles. The lowest BCUT2D eigenvalue weighted by Gasteiger charge is -2.19. The fourth-order valence-electron chi connectivity index (χ4n) is 2.33. The number of carbonyl (C=O) groups excluding carboxylic acids is 1. The summed E-state index contributed by atoms with van der Waals surface area (Å²) in [5, 5.41) is 9.83.